The topological polar surface area (TPSA) is 52.5 Å². The molecule has 0 aliphatic heterocycles. The molecule has 86 valence electrons. The number of benzene rings is 2. The van der Waals surface area contributed by atoms with Gasteiger partial charge in [0.1, 0.15) is 17.4 Å². The Labute approximate surface area is 118 Å². The Morgan fingerprint density at radius 3 is 2.78 bits per heavy atom. The number of para-hydroxylation sites is 1. The molecule has 1 N–H and O–H groups in total. The first-order valence-electron chi connectivity index (χ1n) is 5.43. The summed E-state index contributed by atoms with van der Waals surface area (Å²) in [5, 5.41) is 9.05. The summed E-state index contributed by atoms with van der Waals surface area (Å²) in [6.45, 7) is 0. The van der Waals surface area contributed by atoms with Crippen molar-refractivity contribution in [2.75, 3.05) is 0 Å². The highest BCUT2D eigenvalue weighted by atomic mass is 127. The molecular weight excluding hydrogens is 337 g/mol. The number of fused-ring (bicyclic) bond motifs is 1. The molecule has 0 aliphatic rings. The molecule has 0 saturated heterocycles. The van der Waals surface area contributed by atoms with Crippen LogP contribution in [0.1, 0.15) is 5.56 Å². The Morgan fingerprint density at radius 2 is 2.00 bits per heavy atom. The van der Waals surface area contributed by atoms with E-state index in [1.165, 1.54) is 0 Å². The minimum Gasteiger partial charge on any atom is -0.338 e. The summed E-state index contributed by atoms with van der Waals surface area (Å²) in [7, 11) is 0. The van der Waals surface area contributed by atoms with Crippen molar-refractivity contribution in [2.45, 2.75) is 0 Å². The Hall–Kier alpha value is -1.87. The van der Waals surface area contributed by atoms with Gasteiger partial charge in [0.2, 0.25) is 0 Å². The summed E-state index contributed by atoms with van der Waals surface area (Å²) in [5.41, 5.74) is 3.25. The minimum absolute atomic E-state index is 0.598. The minimum atomic E-state index is 0.598. The first kappa shape index (κ1) is 11.2. The third kappa shape index (κ3) is 1.87. The van der Waals surface area contributed by atoms with Crippen LogP contribution in [0.25, 0.3) is 22.4 Å². The Balaban J connectivity index is 2.23. The molecule has 4 heteroatoms. The zero-order valence-corrected chi connectivity index (χ0v) is 11.5. The van der Waals surface area contributed by atoms with E-state index in [0.29, 0.717) is 5.56 Å². The van der Waals surface area contributed by atoms with Gasteiger partial charge in [0, 0.05) is 9.13 Å². The molecular formula is C14H8IN3. The van der Waals surface area contributed by atoms with Crippen LogP contribution >= 0.6 is 22.6 Å². The van der Waals surface area contributed by atoms with Crippen LogP contribution in [0, 0.1) is 14.9 Å². The normalized spacial score (nSPS) is 10.4. The monoisotopic (exact) mass is 345 g/mol. The first-order valence-corrected chi connectivity index (χ1v) is 6.50. The molecule has 0 atom stereocenters. The molecule has 2 aromatic carbocycles. The van der Waals surface area contributed by atoms with E-state index in [4.69, 9.17) is 5.26 Å². The van der Waals surface area contributed by atoms with Crippen molar-refractivity contribution in [1.29, 1.82) is 5.26 Å². The largest absolute Gasteiger partial charge is 0.338 e. The second-order valence-electron chi connectivity index (χ2n) is 3.91. The molecule has 3 aromatic rings. The van der Waals surface area contributed by atoms with E-state index in [1.54, 1.807) is 6.07 Å². The third-order valence-electron chi connectivity index (χ3n) is 2.73. The van der Waals surface area contributed by atoms with Crippen molar-refractivity contribution in [2.24, 2.45) is 0 Å². The fourth-order valence-electron chi connectivity index (χ4n) is 1.89. The number of nitrogens with one attached hydrogen (secondary N) is 1. The van der Waals surface area contributed by atoms with Gasteiger partial charge in [0.25, 0.3) is 0 Å². The number of hydrogen-bond donors (Lipinski definition) is 1. The van der Waals surface area contributed by atoms with E-state index in [-0.39, 0.29) is 0 Å². The zero-order chi connectivity index (χ0) is 12.5. The Bertz CT molecular complexity index is 768. The second kappa shape index (κ2) is 4.42. The van der Waals surface area contributed by atoms with E-state index >= 15 is 0 Å². The van der Waals surface area contributed by atoms with Crippen molar-refractivity contribution in [1.82, 2.24) is 9.97 Å². The molecule has 0 fully saturated rings. The fourth-order valence-corrected chi connectivity index (χ4v) is 2.44. The smallest absolute Gasteiger partial charge is 0.138 e. The summed E-state index contributed by atoms with van der Waals surface area (Å²) in [6, 6.07) is 15.8. The number of nitriles is 1. The van der Waals surface area contributed by atoms with Gasteiger partial charge in [-0.05, 0) is 46.9 Å². The third-order valence-corrected chi connectivity index (χ3v) is 3.40. The number of aromatic amines is 1. The standard InChI is InChI=1S/C14H8IN3/c15-11-5-1-3-9(7-11)14-17-12-6-2-4-10(8-16)13(12)18-14/h1-7H,(H,17,18). The van der Waals surface area contributed by atoms with Gasteiger partial charge >= 0.3 is 0 Å². The number of halogens is 1. The molecule has 0 aliphatic carbocycles. The lowest BCUT2D eigenvalue weighted by molar-refractivity contribution is 1.33. The van der Waals surface area contributed by atoms with Gasteiger partial charge in [-0.25, -0.2) is 4.98 Å². The van der Waals surface area contributed by atoms with Crippen molar-refractivity contribution in [3.8, 4) is 17.5 Å². The number of H-pyrrole nitrogens is 1. The van der Waals surface area contributed by atoms with Gasteiger partial charge in [-0.2, -0.15) is 5.26 Å². The van der Waals surface area contributed by atoms with E-state index in [0.717, 1.165) is 26.0 Å². The zero-order valence-electron chi connectivity index (χ0n) is 9.31. The van der Waals surface area contributed by atoms with Gasteiger partial charge in [-0.3, -0.25) is 0 Å². The molecule has 18 heavy (non-hydrogen) atoms. The Morgan fingerprint density at radius 1 is 1.17 bits per heavy atom. The van der Waals surface area contributed by atoms with Gasteiger partial charge in [0.05, 0.1) is 11.1 Å². The average molecular weight is 345 g/mol. The van der Waals surface area contributed by atoms with Crippen LogP contribution in [0.15, 0.2) is 42.5 Å². The molecule has 0 bridgehead atoms. The summed E-state index contributed by atoms with van der Waals surface area (Å²) in [6.07, 6.45) is 0. The van der Waals surface area contributed by atoms with Crippen molar-refractivity contribution in [3.63, 3.8) is 0 Å². The molecule has 1 aromatic heterocycles. The first-order chi connectivity index (χ1) is 8.78. The van der Waals surface area contributed by atoms with E-state index in [2.05, 4.69) is 44.7 Å². The molecule has 0 radical (unpaired) electrons. The predicted molar refractivity (Wildman–Crippen MR) is 79.0 cm³/mol. The average Bonchev–Trinajstić information content (AvgIpc) is 2.82. The van der Waals surface area contributed by atoms with E-state index < -0.39 is 0 Å². The highest BCUT2D eigenvalue weighted by Crippen LogP contribution is 2.23. The molecule has 0 saturated carbocycles. The Kier molecular flexibility index (Phi) is 2.76. The van der Waals surface area contributed by atoms with Gasteiger partial charge in [-0.15, -0.1) is 0 Å². The highest BCUT2D eigenvalue weighted by Gasteiger charge is 2.08. The highest BCUT2D eigenvalue weighted by molar-refractivity contribution is 14.1. The maximum absolute atomic E-state index is 9.05. The maximum atomic E-state index is 9.05. The van der Waals surface area contributed by atoms with Crippen LogP contribution < -0.4 is 0 Å². The van der Waals surface area contributed by atoms with Gasteiger partial charge in [-0.1, -0.05) is 18.2 Å². The van der Waals surface area contributed by atoms with Crippen LogP contribution in [-0.4, -0.2) is 9.97 Å². The van der Waals surface area contributed by atoms with Crippen molar-refractivity contribution in [3.05, 3.63) is 51.6 Å². The van der Waals surface area contributed by atoms with Gasteiger partial charge in [0.15, 0.2) is 0 Å². The molecule has 0 unspecified atom stereocenters. The second-order valence-corrected chi connectivity index (χ2v) is 5.15. The quantitative estimate of drug-likeness (QED) is 0.684. The lowest BCUT2D eigenvalue weighted by Gasteiger charge is -1.96. The van der Waals surface area contributed by atoms with Gasteiger partial charge < -0.3 is 4.98 Å². The lowest BCUT2D eigenvalue weighted by Crippen LogP contribution is -1.81. The lowest BCUT2D eigenvalue weighted by atomic mass is 10.2. The molecule has 3 rings (SSSR count). The summed E-state index contributed by atoms with van der Waals surface area (Å²) < 4.78 is 1.16. The van der Waals surface area contributed by atoms with Crippen LogP contribution in [0.2, 0.25) is 0 Å². The fraction of sp³-hybridized carbons (Fsp3) is 0. The maximum Gasteiger partial charge on any atom is 0.138 e. The number of hydrogen-bond acceptors (Lipinski definition) is 2. The van der Waals surface area contributed by atoms with E-state index in [1.807, 2.05) is 30.3 Å². The molecule has 0 spiro atoms. The van der Waals surface area contributed by atoms with Crippen molar-refractivity contribution < 1.29 is 0 Å². The number of aromatic nitrogens is 2. The van der Waals surface area contributed by atoms with Crippen LogP contribution in [0.5, 0.6) is 0 Å². The SMILES string of the molecule is N#Cc1cccc2[nH]c(-c3cccc(I)c3)nc12. The molecule has 1 heterocycles. The van der Waals surface area contributed by atoms with Crippen LogP contribution in [-0.2, 0) is 0 Å². The molecule has 3 nitrogen and oxygen atoms in total. The number of nitrogens with zero attached hydrogens (tertiary/aromatic N) is 2. The number of imidazole rings is 1. The predicted octanol–water partition coefficient (Wildman–Crippen LogP) is 3.71. The molecule has 0 amide bonds. The summed E-state index contributed by atoms with van der Waals surface area (Å²) >= 11 is 2.27. The summed E-state index contributed by atoms with van der Waals surface area (Å²) in [5.74, 6) is 0.797. The number of rotatable bonds is 1. The van der Waals surface area contributed by atoms with E-state index in [9.17, 15) is 0 Å². The van der Waals surface area contributed by atoms with Crippen LogP contribution in [0.3, 0.4) is 0 Å². The van der Waals surface area contributed by atoms with Crippen molar-refractivity contribution >= 4 is 33.6 Å². The van der Waals surface area contributed by atoms with Crippen LogP contribution in [0.4, 0.5) is 0 Å². The summed E-state index contributed by atoms with van der Waals surface area (Å²) in [4.78, 5) is 7.76.